The van der Waals surface area contributed by atoms with Crippen molar-refractivity contribution < 1.29 is 9.90 Å². The Labute approximate surface area is 78.2 Å². The average Bonchev–Trinajstić information content (AvgIpc) is 2.17. The summed E-state index contributed by atoms with van der Waals surface area (Å²) in [6.07, 6.45) is 0. The summed E-state index contributed by atoms with van der Waals surface area (Å²) in [7, 11) is 0. The van der Waals surface area contributed by atoms with Crippen molar-refractivity contribution in [1.82, 2.24) is 0 Å². The Bertz CT molecular complexity index is 285. The number of carbonyl (C=O) groups is 1. The van der Waals surface area contributed by atoms with Crippen LogP contribution >= 0.6 is 0 Å². The van der Waals surface area contributed by atoms with E-state index in [9.17, 15) is 4.79 Å². The molecule has 0 saturated heterocycles. The highest BCUT2D eigenvalue weighted by Crippen LogP contribution is 2.09. The number of carbonyl (C=O) groups excluding carboxylic acids is 1. The molecule has 0 atom stereocenters. The normalized spacial score (nSPS) is 10.5. The lowest BCUT2D eigenvalue weighted by atomic mass is 10.0. The largest absolute Gasteiger partial charge is 0.392 e. The van der Waals surface area contributed by atoms with Gasteiger partial charge in [0.25, 0.3) is 0 Å². The molecule has 0 aliphatic carbocycles. The smallest absolute Gasteiger partial charge is 0.165 e. The maximum absolute atomic E-state index is 11.5. The zero-order valence-electron chi connectivity index (χ0n) is 7.95. The van der Waals surface area contributed by atoms with Gasteiger partial charge >= 0.3 is 0 Å². The summed E-state index contributed by atoms with van der Waals surface area (Å²) in [5.74, 6) is 0.171. The van der Waals surface area contributed by atoms with Gasteiger partial charge in [0.2, 0.25) is 0 Å². The SMILES string of the molecule is CC(C)C(=O)c1ccc(CO)cc1. The third kappa shape index (κ3) is 2.39. The number of aliphatic hydroxyl groups excluding tert-OH is 1. The van der Waals surface area contributed by atoms with Crippen LogP contribution in [0, 0.1) is 5.92 Å². The number of benzene rings is 1. The van der Waals surface area contributed by atoms with E-state index in [0.29, 0.717) is 5.56 Å². The first kappa shape index (κ1) is 9.93. The van der Waals surface area contributed by atoms with Gasteiger partial charge in [0, 0.05) is 11.5 Å². The molecule has 0 radical (unpaired) electrons. The minimum absolute atomic E-state index is 0.0240. The molecule has 1 N–H and O–H groups in total. The molecule has 0 saturated carbocycles. The van der Waals surface area contributed by atoms with E-state index in [1.807, 2.05) is 13.8 Å². The minimum atomic E-state index is 0.0240. The van der Waals surface area contributed by atoms with Crippen LogP contribution in [0.5, 0.6) is 0 Å². The monoisotopic (exact) mass is 178 g/mol. The number of aliphatic hydroxyl groups is 1. The molecule has 0 amide bonds. The van der Waals surface area contributed by atoms with Crippen molar-refractivity contribution in [3.05, 3.63) is 35.4 Å². The van der Waals surface area contributed by atoms with Crippen LogP contribution < -0.4 is 0 Å². The topological polar surface area (TPSA) is 37.3 Å². The van der Waals surface area contributed by atoms with Gasteiger partial charge in [-0.1, -0.05) is 38.1 Å². The Balaban J connectivity index is 2.86. The second-order valence-electron chi connectivity index (χ2n) is 3.37. The Morgan fingerprint density at radius 2 is 1.85 bits per heavy atom. The summed E-state index contributed by atoms with van der Waals surface area (Å²) >= 11 is 0. The van der Waals surface area contributed by atoms with Crippen molar-refractivity contribution >= 4 is 5.78 Å². The summed E-state index contributed by atoms with van der Waals surface area (Å²) in [5, 5.41) is 8.79. The zero-order valence-corrected chi connectivity index (χ0v) is 7.95. The van der Waals surface area contributed by atoms with E-state index < -0.39 is 0 Å². The van der Waals surface area contributed by atoms with E-state index in [2.05, 4.69) is 0 Å². The van der Waals surface area contributed by atoms with Gasteiger partial charge in [-0.05, 0) is 5.56 Å². The fourth-order valence-electron chi connectivity index (χ4n) is 1.11. The van der Waals surface area contributed by atoms with Gasteiger partial charge in [-0.2, -0.15) is 0 Å². The van der Waals surface area contributed by atoms with E-state index in [0.717, 1.165) is 5.56 Å². The Morgan fingerprint density at radius 3 is 2.23 bits per heavy atom. The van der Waals surface area contributed by atoms with Gasteiger partial charge in [-0.3, -0.25) is 4.79 Å². The van der Waals surface area contributed by atoms with Crippen molar-refractivity contribution in [3.63, 3.8) is 0 Å². The van der Waals surface area contributed by atoms with Crippen LogP contribution in [0.3, 0.4) is 0 Å². The number of Topliss-reactive ketones (excluding diaryl/α,β-unsaturated/α-hetero) is 1. The van der Waals surface area contributed by atoms with Crippen molar-refractivity contribution in [2.75, 3.05) is 0 Å². The molecule has 1 rings (SSSR count). The average molecular weight is 178 g/mol. The second kappa shape index (κ2) is 4.19. The van der Waals surface area contributed by atoms with Crippen LogP contribution in [0.25, 0.3) is 0 Å². The predicted octanol–water partition coefficient (Wildman–Crippen LogP) is 2.02. The highest BCUT2D eigenvalue weighted by molar-refractivity contribution is 5.97. The van der Waals surface area contributed by atoms with Crippen molar-refractivity contribution in [1.29, 1.82) is 0 Å². The first-order valence-corrected chi connectivity index (χ1v) is 4.39. The molecular formula is C11H14O2. The quantitative estimate of drug-likeness (QED) is 0.719. The summed E-state index contributed by atoms with van der Waals surface area (Å²) in [6, 6.07) is 7.06. The molecule has 0 unspecified atom stereocenters. The Kier molecular flexibility index (Phi) is 3.20. The van der Waals surface area contributed by atoms with E-state index in [4.69, 9.17) is 5.11 Å². The summed E-state index contributed by atoms with van der Waals surface area (Å²) in [5.41, 5.74) is 1.55. The van der Waals surface area contributed by atoms with E-state index in [1.54, 1.807) is 24.3 Å². The van der Waals surface area contributed by atoms with Gasteiger partial charge < -0.3 is 5.11 Å². The molecule has 70 valence electrons. The molecule has 0 aliphatic heterocycles. The molecule has 1 aromatic rings. The van der Waals surface area contributed by atoms with Crippen molar-refractivity contribution in [2.45, 2.75) is 20.5 Å². The van der Waals surface area contributed by atoms with Gasteiger partial charge in [0.15, 0.2) is 5.78 Å². The number of hydrogen-bond donors (Lipinski definition) is 1. The Morgan fingerprint density at radius 1 is 1.31 bits per heavy atom. The lowest BCUT2D eigenvalue weighted by molar-refractivity contribution is 0.0939. The maximum atomic E-state index is 11.5. The van der Waals surface area contributed by atoms with E-state index >= 15 is 0 Å². The van der Waals surface area contributed by atoms with Gasteiger partial charge in [0.05, 0.1) is 6.61 Å². The highest BCUT2D eigenvalue weighted by atomic mass is 16.3. The fourth-order valence-corrected chi connectivity index (χ4v) is 1.11. The number of rotatable bonds is 3. The van der Waals surface area contributed by atoms with Gasteiger partial charge in [-0.15, -0.1) is 0 Å². The van der Waals surface area contributed by atoms with Crippen molar-refractivity contribution in [3.8, 4) is 0 Å². The molecule has 2 heteroatoms. The first-order valence-electron chi connectivity index (χ1n) is 4.39. The molecule has 0 fully saturated rings. The molecular weight excluding hydrogens is 164 g/mol. The van der Waals surface area contributed by atoms with E-state index in [1.165, 1.54) is 0 Å². The van der Waals surface area contributed by atoms with Crippen LogP contribution in [0.1, 0.15) is 29.8 Å². The lowest BCUT2D eigenvalue weighted by Gasteiger charge is -2.04. The van der Waals surface area contributed by atoms with Crippen LogP contribution in [-0.2, 0) is 6.61 Å². The summed E-state index contributed by atoms with van der Waals surface area (Å²) in [4.78, 5) is 11.5. The molecule has 0 bridgehead atoms. The van der Waals surface area contributed by atoms with Crippen LogP contribution in [0.15, 0.2) is 24.3 Å². The standard InChI is InChI=1S/C11H14O2/c1-8(2)11(13)10-5-3-9(7-12)4-6-10/h3-6,8,12H,7H2,1-2H3. The third-order valence-corrected chi connectivity index (χ3v) is 1.95. The second-order valence-corrected chi connectivity index (χ2v) is 3.37. The summed E-state index contributed by atoms with van der Waals surface area (Å²) in [6.45, 7) is 3.78. The fraction of sp³-hybridized carbons (Fsp3) is 0.364. The molecule has 1 aromatic carbocycles. The summed E-state index contributed by atoms with van der Waals surface area (Å²) < 4.78 is 0. The highest BCUT2D eigenvalue weighted by Gasteiger charge is 2.09. The number of hydrogen-bond acceptors (Lipinski definition) is 2. The molecule has 0 aromatic heterocycles. The minimum Gasteiger partial charge on any atom is -0.392 e. The molecule has 2 nitrogen and oxygen atoms in total. The van der Waals surface area contributed by atoms with Crippen LogP contribution in [0.2, 0.25) is 0 Å². The Hall–Kier alpha value is -1.15. The van der Waals surface area contributed by atoms with Gasteiger partial charge in [0.1, 0.15) is 0 Å². The predicted molar refractivity (Wildman–Crippen MR) is 51.5 cm³/mol. The molecule has 0 spiro atoms. The van der Waals surface area contributed by atoms with Crippen molar-refractivity contribution in [2.24, 2.45) is 5.92 Å². The van der Waals surface area contributed by atoms with Crippen LogP contribution in [-0.4, -0.2) is 10.9 Å². The van der Waals surface area contributed by atoms with Crippen LogP contribution in [0.4, 0.5) is 0 Å². The number of ketones is 1. The van der Waals surface area contributed by atoms with Gasteiger partial charge in [-0.25, -0.2) is 0 Å². The first-order chi connectivity index (χ1) is 6.15. The zero-order chi connectivity index (χ0) is 9.84. The molecule has 13 heavy (non-hydrogen) atoms. The van der Waals surface area contributed by atoms with E-state index in [-0.39, 0.29) is 18.3 Å². The molecule has 0 aliphatic rings. The lowest BCUT2D eigenvalue weighted by Crippen LogP contribution is -2.07. The molecule has 0 heterocycles. The maximum Gasteiger partial charge on any atom is 0.165 e. The third-order valence-electron chi connectivity index (χ3n) is 1.95.